The van der Waals surface area contributed by atoms with E-state index in [1.165, 1.54) is 5.57 Å². The lowest BCUT2D eigenvalue weighted by molar-refractivity contribution is 0.0749. The molecule has 0 saturated heterocycles. The van der Waals surface area contributed by atoms with Crippen LogP contribution in [-0.4, -0.2) is 62.2 Å². The maximum absolute atomic E-state index is 13.3. The maximum atomic E-state index is 13.3. The quantitative estimate of drug-likeness (QED) is 0.169. The standard InChI is InChI=1S/C35H36N6O3/c1-24-7-5-17-41(18-6-8-24)34(43)33-20-26-19-28(11-12-30(26)39-33)38-35-37-16-14-31(40-35)32-21-29(13-15-36-32)44-23-27(22-42)25-9-3-2-4-10-25/h2-4,7,9-16,19-21,27,39,42H,5-6,8,17-18,22-23H2,1H3,(H,37,38,40)/b24-7+. The highest BCUT2D eigenvalue weighted by Gasteiger charge is 2.19. The Morgan fingerprint density at radius 2 is 1.89 bits per heavy atom. The first-order chi connectivity index (χ1) is 21.6. The number of carbonyl (C=O) groups is 1. The number of anilines is 2. The molecule has 1 atom stereocenters. The van der Waals surface area contributed by atoms with Gasteiger partial charge in [0.05, 0.1) is 24.6 Å². The molecule has 4 heterocycles. The van der Waals surface area contributed by atoms with Gasteiger partial charge < -0.3 is 25.0 Å². The minimum atomic E-state index is -0.130. The zero-order valence-electron chi connectivity index (χ0n) is 24.7. The highest BCUT2D eigenvalue weighted by atomic mass is 16.5. The van der Waals surface area contributed by atoms with Crippen molar-refractivity contribution >= 4 is 28.4 Å². The molecule has 0 bridgehead atoms. The Balaban J connectivity index is 1.13. The lowest BCUT2D eigenvalue weighted by Gasteiger charge is -2.23. The predicted molar refractivity (Wildman–Crippen MR) is 172 cm³/mol. The molecule has 44 heavy (non-hydrogen) atoms. The van der Waals surface area contributed by atoms with Crippen molar-refractivity contribution in [2.75, 3.05) is 31.6 Å². The average Bonchev–Trinajstić information content (AvgIpc) is 3.47. The van der Waals surface area contributed by atoms with E-state index in [4.69, 9.17) is 4.74 Å². The zero-order valence-corrected chi connectivity index (χ0v) is 24.7. The molecule has 0 aliphatic carbocycles. The van der Waals surface area contributed by atoms with Gasteiger partial charge in [-0.3, -0.25) is 9.78 Å². The molecule has 9 heteroatoms. The van der Waals surface area contributed by atoms with Crippen LogP contribution in [0.25, 0.3) is 22.3 Å². The van der Waals surface area contributed by atoms with Gasteiger partial charge in [0.25, 0.3) is 5.91 Å². The van der Waals surface area contributed by atoms with Crippen LogP contribution in [0.4, 0.5) is 11.6 Å². The molecule has 5 aromatic rings. The number of H-pyrrole nitrogens is 1. The van der Waals surface area contributed by atoms with E-state index in [0.717, 1.165) is 54.5 Å². The number of hydrogen-bond acceptors (Lipinski definition) is 7. The second-order valence-corrected chi connectivity index (χ2v) is 11.1. The summed E-state index contributed by atoms with van der Waals surface area (Å²) >= 11 is 0. The molecular weight excluding hydrogens is 552 g/mol. The number of pyridine rings is 1. The smallest absolute Gasteiger partial charge is 0.270 e. The molecule has 2 aromatic carbocycles. The molecule has 3 aromatic heterocycles. The highest BCUT2D eigenvalue weighted by molar-refractivity contribution is 5.98. The number of aromatic nitrogens is 4. The number of hydrogen-bond donors (Lipinski definition) is 3. The summed E-state index contributed by atoms with van der Waals surface area (Å²) in [5.74, 6) is 0.971. The van der Waals surface area contributed by atoms with Gasteiger partial charge in [0.15, 0.2) is 0 Å². The van der Waals surface area contributed by atoms with Crippen molar-refractivity contribution in [2.24, 2.45) is 0 Å². The summed E-state index contributed by atoms with van der Waals surface area (Å²) in [5.41, 5.74) is 6.02. The Morgan fingerprint density at radius 1 is 1.02 bits per heavy atom. The van der Waals surface area contributed by atoms with Crippen molar-refractivity contribution in [3.8, 4) is 17.1 Å². The molecule has 0 radical (unpaired) electrons. The van der Waals surface area contributed by atoms with Crippen LogP contribution in [0.2, 0.25) is 0 Å². The Morgan fingerprint density at radius 3 is 2.75 bits per heavy atom. The minimum absolute atomic E-state index is 0.00887. The zero-order chi connectivity index (χ0) is 30.3. The van der Waals surface area contributed by atoms with Gasteiger partial charge in [0.1, 0.15) is 11.4 Å². The van der Waals surface area contributed by atoms with Gasteiger partial charge in [-0.05, 0) is 68.1 Å². The maximum Gasteiger partial charge on any atom is 0.270 e. The molecule has 1 amide bonds. The Hall–Kier alpha value is -5.02. The van der Waals surface area contributed by atoms with Gasteiger partial charge in [-0.15, -0.1) is 0 Å². The molecule has 224 valence electrons. The SMILES string of the molecule is C/C1=C\CCN(C(=O)c2cc3cc(Nc4nccc(-c5cc(OCC(CO)c6ccccc6)ccn5)n4)ccc3[nH]2)CCC1. The van der Waals surface area contributed by atoms with E-state index in [9.17, 15) is 9.90 Å². The fourth-order valence-electron chi connectivity index (χ4n) is 5.44. The van der Waals surface area contributed by atoms with E-state index in [0.29, 0.717) is 35.4 Å². The van der Waals surface area contributed by atoms with Gasteiger partial charge in [-0.2, -0.15) is 0 Å². The number of aliphatic hydroxyl groups excluding tert-OH is 1. The number of carbonyl (C=O) groups excluding carboxylic acids is 1. The molecule has 1 aliphatic heterocycles. The summed E-state index contributed by atoms with van der Waals surface area (Å²) in [6.45, 7) is 3.98. The summed E-state index contributed by atoms with van der Waals surface area (Å²) in [7, 11) is 0. The van der Waals surface area contributed by atoms with Crippen molar-refractivity contribution in [3.05, 3.63) is 108 Å². The van der Waals surface area contributed by atoms with E-state index >= 15 is 0 Å². The van der Waals surface area contributed by atoms with E-state index in [-0.39, 0.29) is 18.4 Å². The number of allylic oxidation sites excluding steroid dienone is 1. The monoisotopic (exact) mass is 588 g/mol. The fourth-order valence-corrected chi connectivity index (χ4v) is 5.44. The number of benzene rings is 2. The summed E-state index contributed by atoms with van der Waals surface area (Å²) in [6.07, 6.45) is 8.50. The van der Waals surface area contributed by atoms with Crippen LogP contribution in [0.15, 0.2) is 96.8 Å². The van der Waals surface area contributed by atoms with Gasteiger partial charge in [0.2, 0.25) is 5.95 Å². The van der Waals surface area contributed by atoms with Crippen molar-refractivity contribution in [1.29, 1.82) is 0 Å². The molecule has 1 unspecified atom stereocenters. The Kier molecular flexibility index (Phi) is 8.93. The number of aromatic amines is 1. The average molecular weight is 589 g/mol. The second kappa shape index (κ2) is 13.5. The molecule has 9 nitrogen and oxygen atoms in total. The van der Waals surface area contributed by atoms with Crippen LogP contribution < -0.4 is 10.1 Å². The van der Waals surface area contributed by atoms with Crippen LogP contribution in [-0.2, 0) is 0 Å². The highest BCUT2D eigenvalue weighted by Crippen LogP contribution is 2.26. The normalized spacial score (nSPS) is 15.6. The third-order valence-electron chi connectivity index (χ3n) is 7.88. The van der Waals surface area contributed by atoms with Crippen molar-refractivity contribution in [3.63, 3.8) is 0 Å². The Bertz CT molecular complexity index is 1770. The second-order valence-electron chi connectivity index (χ2n) is 11.1. The van der Waals surface area contributed by atoms with Crippen molar-refractivity contribution in [1.82, 2.24) is 24.8 Å². The largest absolute Gasteiger partial charge is 0.493 e. The van der Waals surface area contributed by atoms with Crippen molar-refractivity contribution in [2.45, 2.75) is 32.1 Å². The van der Waals surface area contributed by atoms with Crippen LogP contribution in [0, 0.1) is 0 Å². The summed E-state index contributed by atoms with van der Waals surface area (Å²) in [4.78, 5) is 32.1. The number of fused-ring (bicyclic) bond motifs is 1. The van der Waals surface area contributed by atoms with Crippen molar-refractivity contribution < 1.29 is 14.6 Å². The van der Waals surface area contributed by atoms with Gasteiger partial charge >= 0.3 is 0 Å². The number of nitrogens with one attached hydrogen (secondary N) is 2. The van der Waals surface area contributed by atoms with Crippen LogP contribution >= 0.6 is 0 Å². The first-order valence-corrected chi connectivity index (χ1v) is 15.0. The fraction of sp³-hybridized carbons (Fsp3) is 0.257. The summed E-state index contributed by atoms with van der Waals surface area (Å²) in [5, 5.41) is 14.1. The van der Waals surface area contributed by atoms with E-state index in [2.05, 4.69) is 38.3 Å². The topological polar surface area (TPSA) is 116 Å². The third kappa shape index (κ3) is 6.95. The first-order valence-electron chi connectivity index (χ1n) is 15.0. The van der Waals surface area contributed by atoms with Crippen LogP contribution in [0.3, 0.4) is 0 Å². The summed E-state index contributed by atoms with van der Waals surface area (Å²) < 4.78 is 6.02. The van der Waals surface area contributed by atoms with Gasteiger partial charge in [0, 0.05) is 54.1 Å². The number of ether oxygens (including phenoxy) is 1. The van der Waals surface area contributed by atoms with Crippen LogP contribution in [0.5, 0.6) is 5.75 Å². The number of rotatable bonds is 9. The molecule has 0 saturated carbocycles. The predicted octanol–water partition coefficient (Wildman–Crippen LogP) is 6.49. The van der Waals surface area contributed by atoms with E-state index in [1.807, 2.05) is 65.6 Å². The number of aliphatic hydroxyl groups is 1. The molecule has 1 aliphatic rings. The molecule has 0 spiro atoms. The van der Waals surface area contributed by atoms with Gasteiger partial charge in [-0.25, -0.2) is 9.97 Å². The molecule has 0 fully saturated rings. The number of nitrogens with zero attached hydrogens (tertiary/aromatic N) is 4. The van der Waals surface area contributed by atoms with E-state index < -0.39 is 0 Å². The van der Waals surface area contributed by atoms with Gasteiger partial charge in [-0.1, -0.05) is 42.0 Å². The first kappa shape index (κ1) is 29.1. The lowest BCUT2D eigenvalue weighted by Crippen LogP contribution is -2.33. The molecule has 3 N–H and O–H groups in total. The molecular formula is C35H36N6O3. The Labute approximate surface area is 256 Å². The lowest BCUT2D eigenvalue weighted by atomic mass is 10.0. The molecule has 6 rings (SSSR count). The minimum Gasteiger partial charge on any atom is -0.493 e. The van der Waals surface area contributed by atoms with E-state index in [1.54, 1.807) is 24.5 Å². The third-order valence-corrected chi connectivity index (χ3v) is 7.88. The summed E-state index contributed by atoms with van der Waals surface area (Å²) in [6, 6.07) is 23.0. The van der Waals surface area contributed by atoms with Crippen LogP contribution in [0.1, 0.15) is 48.2 Å². The number of amides is 1.